The molecule has 2 N–H and O–H groups in total. The van der Waals surface area contributed by atoms with Crippen LogP contribution in [0, 0.1) is 12.3 Å². The van der Waals surface area contributed by atoms with Crippen molar-refractivity contribution in [2.45, 2.75) is 25.8 Å². The topological polar surface area (TPSA) is 44.5 Å². The lowest BCUT2D eigenvalue weighted by molar-refractivity contribution is 0.328. The maximum Gasteiger partial charge on any atom is 0.176 e. The van der Waals surface area contributed by atoms with Gasteiger partial charge in [-0.05, 0) is 46.5 Å². The summed E-state index contributed by atoms with van der Waals surface area (Å²) < 4.78 is 11.6. The summed E-state index contributed by atoms with van der Waals surface area (Å²) in [7, 11) is 1.61. The molecule has 0 bridgehead atoms. The molecule has 0 amide bonds. The van der Waals surface area contributed by atoms with Gasteiger partial charge in [0.2, 0.25) is 0 Å². The Morgan fingerprint density at radius 3 is 2.78 bits per heavy atom. The molecule has 1 unspecified atom stereocenters. The Labute approximate surface area is 117 Å². The molecule has 1 aromatic rings. The summed E-state index contributed by atoms with van der Waals surface area (Å²) in [5, 5.41) is 0. The van der Waals surface area contributed by atoms with E-state index in [0.717, 1.165) is 22.9 Å². The zero-order valence-electron chi connectivity index (χ0n) is 10.7. The van der Waals surface area contributed by atoms with Crippen LogP contribution >= 0.6 is 15.9 Å². The highest BCUT2D eigenvalue weighted by atomic mass is 79.9. The molecule has 0 aromatic heterocycles. The highest BCUT2D eigenvalue weighted by Gasteiger charge is 2.12. The molecule has 1 aromatic carbocycles. The second kappa shape index (κ2) is 7.30. The van der Waals surface area contributed by atoms with Crippen molar-refractivity contribution in [2.75, 3.05) is 13.7 Å². The van der Waals surface area contributed by atoms with Crippen molar-refractivity contribution in [2.24, 2.45) is 5.73 Å². The molecule has 0 aliphatic heterocycles. The lowest BCUT2D eigenvalue weighted by Gasteiger charge is -2.14. The third-order valence-electron chi connectivity index (χ3n) is 2.61. The molecule has 0 heterocycles. The first-order valence-corrected chi connectivity index (χ1v) is 6.59. The Hall–Kier alpha value is -1.18. The predicted molar refractivity (Wildman–Crippen MR) is 77.0 cm³/mol. The summed E-state index contributed by atoms with van der Waals surface area (Å²) in [5.74, 6) is 3.73. The number of rotatable bonds is 6. The van der Waals surface area contributed by atoms with Crippen LogP contribution in [0.25, 0.3) is 0 Å². The Morgan fingerprint density at radius 1 is 1.50 bits per heavy atom. The number of terminal acetylenes is 1. The van der Waals surface area contributed by atoms with Crippen molar-refractivity contribution < 1.29 is 9.47 Å². The van der Waals surface area contributed by atoms with Gasteiger partial charge in [0.15, 0.2) is 11.5 Å². The molecule has 4 heteroatoms. The summed E-state index contributed by atoms with van der Waals surface area (Å²) >= 11 is 3.47. The fourth-order valence-corrected chi connectivity index (χ4v) is 2.20. The number of hydrogen-bond donors (Lipinski definition) is 1. The molecule has 0 radical (unpaired) electrons. The number of methoxy groups -OCH3 is 1. The van der Waals surface area contributed by atoms with Gasteiger partial charge in [-0.1, -0.05) is 12.8 Å². The normalized spacial score (nSPS) is 11.7. The van der Waals surface area contributed by atoms with E-state index < -0.39 is 0 Å². The van der Waals surface area contributed by atoms with Crippen LogP contribution in [0.4, 0.5) is 0 Å². The van der Waals surface area contributed by atoms with E-state index >= 15 is 0 Å². The Kier molecular flexibility index (Phi) is 6.03. The minimum Gasteiger partial charge on any atom is -0.493 e. The highest BCUT2D eigenvalue weighted by molar-refractivity contribution is 9.10. The first-order chi connectivity index (χ1) is 8.62. The zero-order valence-corrected chi connectivity index (χ0v) is 12.3. The minimum atomic E-state index is 0.152. The Morgan fingerprint density at radius 2 is 2.22 bits per heavy atom. The van der Waals surface area contributed by atoms with Crippen LogP contribution in [0.3, 0.4) is 0 Å². The van der Waals surface area contributed by atoms with E-state index in [9.17, 15) is 0 Å². The van der Waals surface area contributed by atoms with E-state index in [1.807, 2.05) is 12.1 Å². The average molecular weight is 312 g/mol. The summed E-state index contributed by atoms with van der Waals surface area (Å²) in [6.07, 6.45) is 6.93. The van der Waals surface area contributed by atoms with Crippen molar-refractivity contribution in [1.29, 1.82) is 0 Å². The fourth-order valence-electron chi connectivity index (χ4n) is 1.59. The van der Waals surface area contributed by atoms with Gasteiger partial charge in [0.05, 0.1) is 11.6 Å². The van der Waals surface area contributed by atoms with E-state index in [1.165, 1.54) is 0 Å². The standard InChI is InChI=1S/C14H18BrNO2/c1-4-6-18-14-12(15)8-10(7-11(16)5-2)9-13(14)17-3/h1,8-9,11H,5-7,16H2,2-3H3. The largest absolute Gasteiger partial charge is 0.493 e. The van der Waals surface area contributed by atoms with Crippen LogP contribution in [-0.2, 0) is 6.42 Å². The zero-order chi connectivity index (χ0) is 13.5. The monoisotopic (exact) mass is 311 g/mol. The minimum absolute atomic E-state index is 0.152. The van der Waals surface area contributed by atoms with Gasteiger partial charge in [-0.15, -0.1) is 6.42 Å². The molecular weight excluding hydrogens is 294 g/mol. The maximum absolute atomic E-state index is 5.95. The van der Waals surface area contributed by atoms with Crippen molar-refractivity contribution in [3.8, 4) is 23.8 Å². The highest BCUT2D eigenvalue weighted by Crippen LogP contribution is 2.36. The van der Waals surface area contributed by atoms with Crippen LogP contribution in [0.1, 0.15) is 18.9 Å². The Balaban J connectivity index is 2.99. The second-order valence-corrected chi connectivity index (χ2v) is 4.83. The number of benzene rings is 1. The van der Waals surface area contributed by atoms with E-state index in [2.05, 4.69) is 28.8 Å². The first-order valence-electron chi connectivity index (χ1n) is 5.80. The van der Waals surface area contributed by atoms with E-state index in [4.69, 9.17) is 21.6 Å². The summed E-state index contributed by atoms with van der Waals surface area (Å²) in [4.78, 5) is 0. The van der Waals surface area contributed by atoms with Crippen molar-refractivity contribution >= 4 is 15.9 Å². The molecule has 0 saturated carbocycles. The average Bonchev–Trinajstić information content (AvgIpc) is 2.36. The van der Waals surface area contributed by atoms with E-state index in [0.29, 0.717) is 11.5 Å². The molecule has 0 fully saturated rings. The summed E-state index contributed by atoms with van der Waals surface area (Å²) in [6.45, 7) is 2.28. The predicted octanol–water partition coefficient (Wildman–Crippen LogP) is 2.75. The molecule has 18 heavy (non-hydrogen) atoms. The molecule has 0 aliphatic rings. The molecular formula is C14H18BrNO2. The molecule has 1 rings (SSSR count). The Bertz CT molecular complexity index is 440. The van der Waals surface area contributed by atoms with Crippen molar-refractivity contribution in [1.82, 2.24) is 0 Å². The maximum atomic E-state index is 5.95. The first kappa shape index (κ1) is 14.9. The lowest BCUT2D eigenvalue weighted by atomic mass is 10.0. The van der Waals surface area contributed by atoms with Gasteiger partial charge in [0.25, 0.3) is 0 Å². The third kappa shape index (κ3) is 3.94. The molecule has 0 saturated heterocycles. The van der Waals surface area contributed by atoms with Gasteiger partial charge >= 0.3 is 0 Å². The number of nitrogens with two attached hydrogens (primary N) is 1. The van der Waals surface area contributed by atoms with Crippen LogP contribution in [-0.4, -0.2) is 19.8 Å². The van der Waals surface area contributed by atoms with Gasteiger partial charge in [0, 0.05) is 6.04 Å². The summed E-state index contributed by atoms with van der Waals surface area (Å²) in [6, 6.07) is 4.08. The molecule has 1 atom stereocenters. The van der Waals surface area contributed by atoms with Crippen LogP contribution < -0.4 is 15.2 Å². The second-order valence-electron chi connectivity index (χ2n) is 3.97. The van der Waals surface area contributed by atoms with Crippen molar-refractivity contribution in [3.63, 3.8) is 0 Å². The quantitative estimate of drug-likeness (QED) is 0.822. The number of ether oxygens (including phenoxy) is 2. The molecule has 0 spiro atoms. The van der Waals surface area contributed by atoms with Gasteiger partial charge in [0.1, 0.15) is 6.61 Å². The lowest BCUT2D eigenvalue weighted by Crippen LogP contribution is -2.21. The van der Waals surface area contributed by atoms with E-state index in [-0.39, 0.29) is 12.6 Å². The van der Waals surface area contributed by atoms with Crippen molar-refractivity contribution in [3.05, 3.63) is 22.2 Å². The third-order valence-corrected chi connectivity index (χ3v) is 3.20. The SMILES string of the molecule is C#CCOc1c(Br)cc(CC(N)CC)cc1OC. The van der Waals surface area contributed by atoms with E-state index in [1.54, 1.807) is 7.11 Å². The van der Waals surface area contributed by atoms with Gasteiger partial charge in [-0.3, -0.25) is 0 Å². The van der Waals surface area contributed by atoms with Crippen LogP contribution in [0.2, 0.25) is 0 Å². The molecule has 3 nitrogen and oxygen atoms in total. The van der Waals surface area contributed by atoms with Gasteiger partial charge in [-0.25, -0.2) is 0 Å². The summed E-state index contributed by atoms with van der Waals surface area (Å²) in [5.41, 5.74) is 7.06. The molecule has 98 valence electrons. The fraction of sp³-hybridized carbons (Fsp3) is 0.429. The number of halogens is 1. The molecule has 0 aliphatic carbocycles. The smallest absolute Gasteiger partial charge is 0.176 e. The van der Waals surface area contributed by atoms with Gasteiger partial charge < -0.3 is 15.2 Å². The van der Waals surface area contributed by atoms with Crippen LogP contribution in [0.15, 0.2) is 16.6 Å². The number of hydrogen-bond acceptors (Lipinski definition) is 3. The van der Waals surface area contributed by atoms with Gasteiger partial charge in [-0.2, -0.15) is 0 Å². The van der Waals surface area contributed by atoms with Crippen LogP contribution in [0.5, 0.6) is 11.5 Å².